The topological polar surface area (TPSA) is 75.7 Å². The monoisotopic (exact) mass is 446 g/mol. The first kappa shape index (κ1) is 22.7. The number of hydrogen-bond acceptors (Lipinski definition) is 6. The molecule has 0 saturated heterocycles. The molecule has 0 saturated carbocycles. The molecule has 168 valence electrons. The Balaban J connectivity index is 1.67. The lowest BCUT2D eigenvalue weighted by atomic mass is 10.2. The van der Waals surface area contributed by atoms with Crippen molar-refractivity contribution in [3.8, 4) is 17.2 Å². The number of amides is 1. The van der Waals surface area contributed by atoms with E-state index in [1.165, 1.54) is 30.3 Å². The molecule has 0 aliphatic rings. The summed E-state index contributed by atoms with van der Waals surface area (Å²) in [6.45, 7) is 0. The van der Waals surface area contributed by atoms with Crippen LogP contribution in [-0.4, -0.2) is 37.0 Å². The van der Waals surface area contributed by atoms with E-state index in [0.29, 0.717) is 17.2 Å². The molecule has 0 bridgehead atoms. The van der Waals surface area contributed by atoms with Crippen LogP contribution in [0.1, 0.15) is 16.1 Å². The first-order chi connectivity index (χ1) is 15.2. The third-order valence-corrected chi connectivity index (χ3v) is 4.32. The number of rotatable bonds is 7. The van der Waals surface area contributed by atoms with E-state index in [4.69, 9.17) is 9.47 Å². The number of carbonyl (C=O) groups excluding carboxylic acids is 1. The van der Waals surface area contributed by atoms with E-state index < -0.39 is 11.7 Å². The molecule has 1 aromatic heterocycles. The smallest absolute Gasteiger partial charge is 0.416 e. The molecule has 7 nitrogen and oxygen atoms in total. The molecule has 1 heterocycles. The number of pyridine rings is 1. The second-order valence-electron chi connectivity index (χ2n) is 6.87. The lowest BCUT2D eigenvalue weighted by Gasteiger charge is -2.16. The van der Waals surface area contributed by atoms with Gasteiger partial charge in [-0.05, 0) is 48.5 Å². The molecule has 32 heavy (non-hydrogen) atoms. The van der Waals surface area contributed by atoms with E-state index in [0.717, 1.165) is 12.1 Å². The molecule has 0 atom stereocenters. The van der Waals surface area contributed by atoms with Gasteiger partial charge in [0.15, 0.2) is 0 Å². The van der Waals surface area contributed by atoms with Gasteiger partial charge < -0.3 is 19.8 Å². The molecule has 0 unspecified atom stereocenters. The highest BCUT2D eigenvalue weighted by Crippen LogP contribution is 2.35. The summed E-state index contributed by atoms with van der Waals surface area (Å²) < 4.78 is 49.8. The number of hydrazine groups is 1. The van der Waals surface area contributed by atoms with Crippen molar-refractivity contribution >= 4 is 17.3 Å². The normalized spacial score (nSPS) is 10.9. The number of hydrogen-bond donors (Lipinski definition) is 2. The molecular formula is C22H21F3N4O3. The fourth-order valence-electron chi connectivity index (χ4n) is 2.68. The summed E-state index contributed by atoms with van der Waals surface area (Å²) in [4.78, 5) is 17.5. The summed E-state index contributed by atoms with van der Waals surface area (Å²) >= 11 is 0. The van der Waals surface area contributed by atoms with Crippen molar-refractivity contribution in [1.82, 2.24) is 9.88 Å². The zero-order chi connectivity index (χ0) is 23.3. The number of ether oxygens (including phenoxy) is 2. The molecule has 0 aliphatic carbocycles. The number of benzene rings is 2. The largest absolute Gasteiger partial charge is 0.495 e. The number of methoxy groups -OCH3 is 1. The van der Waals surface area contributed by atoms with Crippen molar-refractivity contribution in [1.29, 1.82) is 0 Å². The van der Waals surface area contributed by atoms with Gasteiger partial charge in [0, 0.05) is 26.4 Å². The van der Waals surface area contributed by atoms with Crippen LogP contribution in [0.25, 0.3) is 0 Å². The fourth-order valence-corrected chi connectivity index (χ4v) is 2.68. The number of alkyl halides is 3. The number of carbonyl (C=O) groups is 1. The average molecular weight is 446 g/mol. The molecule has 3 rings (SSSR count). The molecule has 2 aromatic carbocycles. The van der Waals surface area contributed by atoms with Crippen LogP contribution in [0, 0.1) is 0 Å². The molecule has 0 fully saturated rings. The van der Waals surface area contributed by atoms with Crippen LogP contribution in [0.2, 0.25) is 0 Å². The predicted octanol–water partition coefficient (Wildman–Crippen LogP) is 5.04. The fraction of sp³-hybridized carbons (Fsp3) is 0.182. The maximum Gasteiger partial charge on any atom is 0.416 e. The third-order valence-electron chi connectivity index (χ3n) is 4.32. The molecule has 2 N–H and O–H groups in total. The van der Waals surface area contributed by atoms with Crippen molar-refractivity contribution in [2.45, 2.75) is 6.18 Å². The van der Waals surface area contributed by atoms with Gasteiger partial charge in [-0.1, -0.05) is 0 Å². The van der Waals surface area contributed by atoms with E-state index in [9.17, 15) is 18.0 Å². The van der Waals surface area contributed by atoms with Crippen molar-refractivity contribution in [2.24, 2.45) is 0 Å². The van der Waals surface area contributed by atoms with E-state index >= 15 is 0 Å². The molecular weight excluding hydrogens is 425 g/mol. The van der Waals surface area contributed by atoms with Gasteiger partial charge in [-0.15, -0.1) is 0 Å². The van der Waals surface area contributed by atoms with Gasteiger partial charge >= 0.3 is 6.18 Å². The Labute approximate surface area is 182 Å². The van der Waals surface area contributed by atoms with Crippen LogP contribution in [-0.2, 0) is 6.18 Å². The van der Waals surface area contributed by atoms with Crippen LogP contribution in [0.3, 0.4) is 0 Å². The molecule has 3 aromatic rings. The highest BCUT2D eigenvalue weighted by molar-refractivity contribution is 5.92. The number of nitrogens with zero attached hydrogens (tertiary/aromatic N) is 2. The van der Waals surface area contributed by atoms with Gasteiger partial charge in [0.05, 0.1) is 24.0 Å². The van der Waals surface area contributed by atoms with Crippen molar-refractivity contribution < 1.29 is 27.4 Å². The lowest BCUT2D eigenvalue weighted by molar-refractivity contribution is -0.137. The zero-order valence-corrected chi connectivity index (χ0v) is 17.5. The summed E-state index contributed by atoms with van der Waals surface area (Å²) in [5, 5.41) is 0. The maximum absolute atomic E-state index is 13.0. The SMILES string of the molecule is COc1ccc(C(F)(F)F)cc1NNc1ccc(Oc2ccnc(C(=O)N(C)C)c2)cc1. The van der Waals surface area contributed by atoms with Crippen LogP contribution < -0.4 is 20.3 Å². The summed E-state index contributed by atoms with van der Waals surface area (Å²) in [7, 11) is 4.63. The average Bonchev–Trinajstić information content (AvgIpc) is 2.77. The minimum absolute atomic E-state index is 0.137. The summed E-state index contributed by atoms with van der Waals surface area (Å²) in [5.41, 5.74) is 5.73. The standard InChI is InChI=1S/C22H21F3N4O3/c1-29(2)21(30)19-13-17(10-11-26-19)32-16-7-5-15(6-8-16)27-28-18-12-14(22(23,24)25)4-9-20(18)31-3/h4-13,27-28H,1-3H3. The van der Waals surface area contributed by atoms with Crippen molar-refractivity contribution in [3.63, 3.8) is 0 Å². The summed E-state index contributed by atoms with van der Waals surface area (Å²) in [6, 6.07) is 13.0. The van der Waals surface area contributed by atoms with Gasteiger partial charge in [-0.2, -0.15) is 13.2 Å². The maximum atomic E-state index is 13.0. The number of anilines is 2. The Kier molecular flexibility index (Phi) is 6.72. The van der Waals surface area contributed by atoms with Crippen LogP contribution in [0.4, 0.5) is 24.5 Å². The predicted molar refractivity (Wildman–Crippen MR) is 114 cm³/mol. The second-order valence-corrected chi connectivity index (χ2v) is 6.87. The van der Waals surface area contributed by atoms with E-state index in [1.807, 2.05) is 0 Å². The molecule has 1 amide bonds. The summed E-state index contributed by atoms with van der Waals surface area (Å²) in [6.07, 6.45) is -2.99. The van der Waals surface area contributed by atoms with Crippen LogP contribution in [0.5, 0.6) is 17.2 Å². The Morgan fingerprint density at radius 1 is 0.969 bits per heavy atom. The van der Waals surface area contributed by atoms with Crippen molar-refractivity contribution in [2.75, 3.05) is 32.1 Å². The molecule has 0 radical (unpaired) electrons. The Morgan fingerprint density at radius 3 is 2.31 bits per heavy atom. The second kappa shape index (κ2) is 9.46. The number of halogens is 3. The van der Waals surface area contributed by atoms with E-state index in [1.54, 1.807) is 44.4 Å². The van der Waals surface area contributed by atoms with E-state index in [-0.39, 0.29) is 23.0 Å². The van der Waals surface area contributed by atoms with Crippen LogP contribution >= 0.6 is 0 Å². The van der Waals surface area contributed by atoms with Gasteiger partial charge in [-0.25, -0.2) is 0 Å². The minimum atomic E-state index is -4.47. The Bertz CT molecular complexity index is 1090. The molecule has 0 spiro atoms. The number of nitrogens with one attached hydrogen (secondary N) is 2. The molecule has 10 heteroatoms. The highest BCUT2D eigenvalue weighted by Gasteiger charge is 2.31. The van der Waals surface area contributed by atoms with Gasteiger partial charge in [0.2, 0.25) is 0 Å². The minimum Gasteiger partial charge on any atom is -0.495 e. The highest BCUT2D eigenvalue weighted by atomic mass is 19.4. The Hall–Kier alpha value is -3.95. The third kappa shape index (κ3) is 5.60. The number of aromatic nitrogens is 1. The van der Waals surface area contributed by atoms with Crippen LogP contribution in [0.15, 0.2) is 60.8 Å². The first-order valence-corrected chi connectivity index (χ1v) is 9.40. The van der Waals surface area contributed by atoms with Gasteiger partial charge in [-0.3, -0.25) is 15.2 Å². The first-order valence-electron chi connectivity index (χ1n) is 9.40. The lowest BCUT2D eigenvalue weighted by Crippen LogP contribution is -2.22. The van der Waals surface area contributed by atoms with E-state index in [2.05, 4.69) is 15.8 Å². The van der Waals surface area contributed by atoms with Gasteiger partial charge in [0.25, 0.3) is 5.91 Å². The van der Waals surface area contributed by atoms with Gasteiger partial charge in [0.1, 0.15) is 22.9 Å². The quantitative estimate of drug-likeness (QED) is 0.495. The Morgan fingerprint density at radius 2 is 1.69 bits per heavy atom. The molecule has 0 aliphatic heterocycles. The zero-order valence-electron chi connectivity index (χ0n) is 17.5. The summed E-state index contributed by atoms with van der Waals surface area (Å²) in [5.74, 6) is 0.955. The van der Waals surface area contributed by atoms with Crippen molar-refractivity contribution in [3.05, 3.63) is 72.1 Å².